The summed E-state index contributed by atoms with van der Waals surface area (Å²) < 4.78 is 15.0. The van der Waals surface area contributed by atoms with Gasteiger partial charge in [0.15, 0.2) is 0 Å². The number of nitrogens with one attached hydrogen (secondary N) is 2. The zero-order chi connectivity index (χ0) is 22.6. The third kappa shape index (κ3) is 4.56. The van der Waals surface area contributed by atoms with E-state index in [0.29, 0.717) is 0 Å². The van der Waals surface area contributed by atoms with Crippen molar-refractivity contribution in [1.29, 1.82) is 0 Å². The number of esters is 2. The summed E-state index contributed by atoms with van der Waals surface area (Å²) in [5.74, 6) is -2.76. The molecule has 12 nitrogen and oxygen atoms in total. The van der Waals surface area contributed by atoms with Crippen molar-refractivity contribution in [3.63, 3.8) is 0 Å². The molecule has 0 unspecified atom stereocenters. The van der Waals surface area contributed by atoms with Crippen molar-refractivity contribution in [3.8, 4) is 5.88 Å². The summed E-state index contributed by atoms with van der Waals surface area (Å²) in [6.07, 6.45) is -0.454. The zero-order valence-electron chi connectivity index (χ0n) is 16.9. The molecule has 2 N–H and O–H groups in total. The number of H-pyrrole nitrogens is 1. The van der Waals surface area contributed by atoms with Crippen LogP contribution in [0.5, 0.6) is 5.88 Å². The van der Waals surface area contributed by atoms with E-state index in [4.69, 9.17) is 14.2 Å². The molecule has 0 saturated heterocycles. The Labute approximate surface area is 174 Å². The van der Waals surface area contributed by atoms with Gasteiger partial charge in [-0.1, -0.05) is 0 Å². The monoisotopic (exact) mass is 440 g/mol. The van der Waals surface area contributed by atoms with Crippen LogP contribution < -0.4 is 10.1 Å². The van der Waals surface area contributed by atoms with E-state index < -0.39 is 40.3 Å². The zero-order valence-corrected chi connectivity index (χ0v) is 17.7. The Bertz CT molecular complexity index is 994. The predicted octanol–water partition coefficient (Wildman–Crippen LogP) is 2.69. The van der Waals surface area contributed by atoms with Crippen LogP contribution in [0.2, 0.25) is 0 Å². The molecule has 13 heteroatoms. The molecule has 0 spiro atoms. The van der Waals surface area contributed by atoms with Crippen molar-refractivity contribution in [2.45, 2.75) is 33.8 Å². The lowest BCUT2D eigenvalue weighted by atomic mass is 10.1. The van der Waals surface area contributed by atoms with Gasteiger partial charge in [0.25, 0.3) is 5.91 Å². The van der Waals surface area contributed by atoms with Gasteiger partial charge in [0, 0.05) is 0 Å². The van der Waals surface area contributed by atoms with Gasteiger partial charge in [-0.2, -0.15) is 0 Å². The SMILES string of the molecule is CCOC(=O)c1sc(NC(=O)c2[nH]nc(OC)c2[N+](=O)[O-])c(C(=O)OC(C)C)c1C. The maximum atomic E-state index is 12.7. The normalized spacial score (nSPS) is 10.6. The van der Waals surface area contributed by atoms with Gasteiger partial charge in [0.1, 0.15) is 9.88 Å². The molecule has 1 amide bonds. The van der Waals surface area contributed by atoms with Crippen molar-refractivity contribution in [3.05, 3.63) is 31.8 Å². The number of aromatic nitrogens is 2. The predicted molar refractivity (Wildman–Crippen MR) is 105 cm³/mol. The lowest BCUT2D eigenvalue weighted by Crippen LogP contribution is -2.18. The first-order chi connectivity index (χ1) is 14.1. The van der Waals surface area contributed by atoms with Gasteiger partial charge in [-0.05, 0) is 33.3 Å². The van der Waals surface area contributed by atoms with E-state index in [1.807, 2.05) is 0 Å². The van der Waals surface area contributed by atoms with Gasteiger partial charge in [-0.15, -0.1) is 16.4 Å². The maximum absolute atomic E-state index is 12.7. The second-order valence-corrected chi connectivity index (χ2v) is 7.12. The minimum absolute atomic E-state index is 0.0194. The highest BCUT2D eigenvalue weighted by atomic mass is 32.1. The summed E-state index contributed by atoms with van der Waals surface area (Å²) >= 11 is 0.797. The molecule has 0 aliphatic heterocycles. The molecule has 2 aromatic heterocycles. The van der Waals surface area contributed by atoms with Crippen molar-refractivity contribution in [2.75, 3.05) is 19.0 Å². The van der Waals surface area contributed by atoms with Gasteiger partial charge in [0.2, 0.25) is 5.69 Å². The number of thiophene rings is 1. The highest BCUT2D eigenvalue weighted by molar-refractivity contribution is 7.18. The minimum Gasteiger partial charge on any atom is -0.475 e. The Balaban J connectivity index is 2.50. The van der Waals surface area contributed by atoms with E-state index in [9.17, 15) is 24.5 Å². The molecule has 2 heterocycles. The third-order valence-corrected chi connectivity index (χ3v) is 4.88. The summed E-state index contributed by atoms with van der Waals surface area (Å²) in [4.78, 5) is 48.0. The van der Waals surface area contributed by atoms with Gasteiger partial charge in [0.05, 0.1) is 30.3 Å². The lowest BCUT2D eigenvalue weighted by Gasteiger charge is -2.10. The fourth-order valence-corrected chi connectivity index (χ4v) is 3.55. The van der Waals surface area contributed by atoms with E-state index in [0.717, 1.165) is 11.3 Å². The Morgan fingerprint density at radius 2 is 1.97 bits per heavy atom. The van der Waals surface area contributed by atoms with Crippen LogP contribution in [0.3, 0.4) is 0 Å². The van der Waals surface area contributed by atoms with Crippen LogP contribution in [-0.4, -0.2) is 52.8 Å². The van der Waals surface area contributed by atoms with Crippen LogP contribution in [0.1, 0.15) is 56.9 Å². The van der Waals surface area contributed by atoms with Crippen LogP contribution in [0.25, 0.3) is 0 Å². The number of hydrogen-bond donors (Lipinski definition) is 2. The average molecular weight is 440 g/mol. The molecule has 0 fully saturated rings. The molecule has 2 aromatic rings. The molecule has 2 rings (SSSR count). The fourth-order valence-electron chi connectivity index (χ4n) is 2.47. The molecular formula is C17H20N4O8S. The Morgan fingerprint density at radius 1 is 1.30 bits per heavy atom. The molecule has 0 aromatic carbocycles. The standard InChI is InChI=1S/C17H20N4O8S/c1-6-28-17(24)12-8(4)9(16(23)29-7(2)3)15(30-12)18-13(22)10-11(21(25)26)14(27-5)20-19-10/h7H,6H2,1-5H3,(H,18,22)(H,19,20). The number of aromatic amines is 1. The topological polar surface area (TPSA) is 163 Å². The largest absolute Gasteiger partial charge is 0.475 e. The van der Waals surface area contributed by atoms with Crippen LogP contribution >= 0.6 is 11.3 Å². The molecular weight excluding hydrogens is 420 g/mol. The number of ether oxygens (including phenoxy) is 3. The number of carbonyl (C=O) groups excluding carboxylic acids is 3. The smallest absolute Gasteiger partial charge is 0.362 e. The quantitative estimate of drug-likeness (QED) is 0.357. The maximum Gasteiger partial charge on any atom is 0.362 e. The van der Waals surface area contributed by atoms with Gasteiger partial charge >= 0.3 is 23.5 Å². The summed E-state index contributed by atoms with van der Waals surface area (Å²) in [5.41, 5.74) is -0.931. The van der Waals surface area contributed by atoms with Gasteiger partial charge < -0.3 is 19.5 Å². The number of nitro groups is 1. The molecule has 0 aliphatic carbocycles. The van der Waals surface area contributed by atoms with Gasteiger partial charge in [-0.25, -0.2) is 9.59 Å². The molecule has 30 heavy (non-hydrogen) atoms. The van der Waals surface area contributed by atoms with E-state index in [1.54, 1.807) is 20.8 Å². The average Bonchev–Trinajstić information content (AvgIpc) is 3.22. The molecule has 0 bridgehead atoms. The number of methoxy groups -OCH3 is 1. The second-order valence-electron chi connectivity index (χ2n) is 6.10. The van der Waals surface area contributed by atoms with Crippen molar-refractivity contribution in [2.24, 2.45) is 0 Å². The third-order valence-electron chi connectivity index (χ3n) is 3.69. The number of nitrogens with zero attached hydrogens (tertiary/aromatic N) is 2. The van der Waals surface area contributed by atoms with E-state index in [-0.39, 0.29) is 33.5 Å². The summed E-state index contributed by atoms with van der Waals surface area (Å²) in [7, 11) is 1.17. The van der Waals surface area contributed by atoms with E-state index in [2.05, 4.69) is 15.5 Å². The molecule has 0 saturated carbocycles. The number of amides is 1. The Morgan fingerprint density at radius 3 is 2.50 bits per heavy atom. The van der Waals surface area contributed by atoms with Crippen molar-refractivity contribution >= 4 is 39.9 Å². The van der Waals surface area contributed by atoms with Crippen LogP contribution in [-0.2, 0) is 9.47 Å². The fraction of sp³-hybridized carbons (Fsp3) is 0.412. The number of hydrogen-bond acceptors (Lipinski definition) is 10. The van der Waals surface area contributed by atoms with Crippen molar-refractivity contribution < 1.29 is 33.5 Å². The Hall–Kier alpha value is -3.48. The molecule has 0 atom stereocenters. The first-order valence-corrected chi connectivity index (χ1v) is 9.53. The van der Waals surface area contributed by atoms with Crippen LogP contribution in [0.15, 0.2) is 0 Å². The highest BCUT2D eigenvalue weighted by Crippen LogP contribution is 2.36. The Kier molecular flexibility index (Phi) is 7.10. The molecule has 162 valence electrons. The molecule has 0 aliphatic rings. The van der Waals surface area contributed by atoms with E-state index >= 15 is 0 Å². The van der Waals surface area contributed by atoms with Crippen LogP contribution in [0.4, 0.5) is 10.7 Å². The van der Waals surface area contributed by atoms with E-state index in [1.165, 1.54) is 14.0 Å². The lowest BCUT2D eigenvalue weighted by molar-refractivity contribution is -0.386. The first-order valence-electron chi connectivity index (χ1n) is 8.71. The first kappa shape index (κ1) is 22.8. The number of rotatable bonds is 8. The summed E-state index contributed by atoms with van der Waals surface area (Å²) in [6, 6.07) is 0. The second kappa shape index (κ2) is 9.35. The highest BCUT2D eigenvalue weighted by Gasteiger charge is 2.33. The van der Waals surface area contributed by atoms with Crippen LogP contribution in [0, 0.1) is 17.0 Å². The number of anilines is 1. The molecule has 0 radical (unpaired) electrons. The van der Waals surface area contributed by atoms with Gasteiger partial charge in [-0.3, -0.25) is 20.0 Å². The summed E-state index contributed by atoms with van der Waals surface area (Å²) in [6.45, 7) is 6.54. The van der Waals surface area contributed by atoms with Crippen molar-refractivity contribution in [1.82, 2.24) is 10.2 Å². The summed E-state index contributed by atoms with van der Waals surface area (Å²) in [5, 5.41) is 19.5. The number of carbonyl (C=O) groups is 3. The minimum atomic E-state index is -0.951.